The average Bonchev–Trinajstić information content (AvgIpc) is 3.09. The average molecular weight is 345 g/mol. The van der Waals surface area contributed by atoms with E-state index in [0.29, 0.717) is 28.8 Å². The minimum atomic E-state index is 0.123. The van der Waals surface area contributed by atoms with E-state index in [1.54, 1.807) is 0 Å². The molecule has 1 aromatic carbocycles. The van der Waals surface area contributed by atoms with Gasteiger partial charge in [0, 0.05) is 18.7 Å². The van der Waals surface area contributed by atoms with Crippen LogP contribution in [0.5, 0.6) is 0 Å². The summed E-state index contributed by atoms with van der Waals surface area (Å²) in [5, 5.41) is 8.51. The molecule has 0 radical (unpaired) electrons. The molecule has 128 valence electrons. The van der Waals surface area contributed by atoms with E-state index in [1.165, 1.54) is 31.0 Å². The SMILES string of the molecule is CC1CCCCC1N(C)C(=O)CSc1nnc(-c2ccccc2)o1. The molecule has 6 heteroatoms. The Kier molecular flexibility index (Phi) is 5.56. The Bertz CT molecular complexity index is 674. The number of nitrogens with zero attached hydrogens (tertiary/aromatic N) is 3. The van der Waals surface area contributed by atoms with Crippen molar-refractivity contribution in [3.63, 3.8) is 0 Å². The molecule has 5 nitrogen and oxygen atoms in total. The van der Waals surface area contributed by atoms with Crippen LogP contribution >= 0.6 is 11.8 Å². The molecule has 2 unspecified atom stereocenters. The third-order valence-electron chi connectivity index (χ3n) is 4.70. The van der Waals surface area contributed by atoms with Gasteiger partial charge in [-0.1, -0.05) is 49.7 Å². The third kappa shape index (κ3) is 3.98. The van der Waals surface area contributed by atoms with Crippen LogP contribution in [-0.4, -0.2) is 39.8 Å². The van der Waals surface area contributed by atoms with Gasteiger partial charge in [0.1, 0.15) is 0 Å². The maximum Gasteiger partial charge on any atom is 0.277 e. The molecule has 0 bridgehead atoms. The standard InChI is InChI=1S/C18H23N3O2S/c1-13-8-6-7-11-15(13)21(2)16(22)12-24-18-20-19-17(23-18)14-9-4-3-5-10-14/h3-5,9-10,13,15H,6-8,11-12H2,1-2H3. The Morgan fingerprint density at radius 3 is 2.75 bits per heavy atom. The fraction of sp³-hybridized carbons (Fsp3) is 0.500. The number of carbonyl (C=O) groups is 1. The molecular weight excluding hydrogens is 322 g/mol. The Hall–Kier alpha value is -1.82. The molecule has 0 aliphatic heterocycles. The molecule has 0 saturated heterocycles. The molecule has 1 fully saturated rings. The van der Waals surface area contributed by atoms with Gasteiger partial charge in [0.15, 0.2) is 0 Å². The van der Waals surface area contributed by atoms with Crippen molar-refractivity contribution in [2.45, 2.75) is 43.9 Å². The lowest BCUT2D eigenvalue weighted by atomic mass is 9.85. The van der Waals surface area contributed by atoms with Crippen LogP contribution in [0.2, 0.25) is 0 Å². The number of thioether (sulfide) groups is 1. The first kappa shape index (κ1) is 17.0. The number of hydrogen-bond acceptors (Lipinski definition) is 5. The van der Waals surface area contributed by atoms with Crippen LogP contribution in [0.25, 0.3) is 11.5 Å². The zero-order valence-corrected chi connectivity index (χ0v) is 15.0. The lowest BCUT2D eigenvalue weighted by Crippen LogP contribution is -2.43. The zero-order chi connectivity index (χ0) is 16.9. The first-order chi connectivity index (χ1) is 11.6. The summed E-state index contributed by atoms with van der Waals surface area (Å²) in [7, 11) is 1.92. The second kappa shape index (κ2) is 7.83. The third-order valence-corrected chi connectivity index (χ3v) is 5.51. The van der Waals surface area contributed by atoms with Gasteiger partial charge in [0.2, 0.25) is 11.8 Å². The molecule has 0 N–H and O–H groups in total. The molecular formula is C18H23N3O2S. The molecule has 1 aromatic heterocycles. The van der Waals surface area contributed by atoms with E-state index < -0.39 is 0 Å². The predicted molar refractivity (Wildman–Crippen MR) is 94.6 cm³/mol. The van der Waals surface area contributed by atoms with E-state index in [4.69, 9.17) is 4.42 Å². The summed E-state index contributed by atoms with van der Waals surface area (Å²) in [4.78, 5) is 14.4. The normalized spacial score (nSPS) is 20.8. The van der Waals surface area contributed by atoms with Crippen molar-refractivity contribution >= 4 is 17.7 Å². The lowest BCUT2D eigenvalue weighted by Gasteiger charge is -2.36. The van der Waals surface area contributed by atoms with Gasteiger partial charge in [-0.3, -0.25) is 4.79 Å². The van der Waals surface area contributed by atoms with E-state index >= 15 is 0 Å². The molecule has 24 heavy (non-hydrogen) atoms. The Labute approximate surface area is 146 Å². The highest BCUT2D eigenvalue weighted by atomic mass is 32.2. The summed E-state index contributed by atoms with van der Waals surface area (Å²) >= 11 is 1.31. The molecule has 1 aliphatic rings. The van der Waals surface area contributed by atoms with Gasteiger partial charge in [0.05, 0.1) is 5.75 Å². The number of benzene rings is 1. The van der Waals surface area contributed by atoms with Crippen molar-refractivity contribution in [1.29, 1.82) is 0 Å². The van der Waals surface area contributed by atoms with Crippen LogP contribution in [-0.2, 0) is 4.79 Å². The summed E-state index contributed by atoms with van der Waals surface area (Å²) < 4.78 is 5.64. The van der Waals surface area contributed by atoms with Crippen LogP contribution in [0.15, 0.2) is 40.0 Å². The van der Waals surface area contributed by atoms with E-state index in [0.717, 1.165) is 12.0 Å². The molecule has 1 saturated carbocycles. The number of amides is 1. The lowest BCUT2D eigenvalue weighted by molar-refractivity contribution is -0.130. The smallest absolute Gasteiger partial charge is 0.277 e. The molecule has 0 spiro atoms. The monoisotopic (exact) mass is 345 g/mol. The molecule has 1 amide bonds. The predicted octanol–water partition coefficient (Wildman–Crippen LogP) is 3.87. The van der Waals surface area contributed by atoms with Crippen molar-refractivity contribution in [3.8, 4) is 11.5 Å². The van der Waals surface area contributed by atoms with Crippen molar-refractivity contribution < 1.29 is 9.21 Å². The van der Waals surface area contributed by atoms with Crippen molar-refractivity contribution in [1.82, 2.24) is 15.1 Å². The molecule has 2 atom stereocenters. The topological polar surface area (TPSA) is 59.2 Å². The highest BCUT2D eigenvalue weighted by Crippen LogP contribution is 2.28. The second-order valence-corrected chi connectivity index (χ2v) is 7.29. The Morgan fingerprint density at radius 2 is 2.00 bits per heavy atom. The van der Waals surface area contributed by atoms with E-state index in [2.05, 4.69) is 17.1 Å². The maximum absolute atomic E-state index is 12.5. The summed E-state index contributed by atoms with van der Waals surface area (Å²) in [6.45, 7) is 2.24. The van der Waals surface area contributed by atoms with Gasteiger partial charge < -0.3 is 9.32 Å². The van der Waals surface area contributed by atoms with E-state index in [-0.39, 0.29) is 5.91 Å². The first-order valence-corrected chi connectivity index (χ1v) is 9.41. The number of carbonyl (C=O) groups excluding carboxylic acids is 1. The van der Waals surface area contributed by atoms with Crippen LogP contribution < -0.4 is 0 Å². The maximum atomic E-state index is 12.5. The Morgan fingerprint density at radius 1 is 1.25 bits per heavy atom. The van der Waals surface area contributed by atoms with Gasteiger partial charge in [-0.15, -0.1) is 10.2 Å². The minimum Gasteiger partial charge on any atom is -0.411 e. The van der Waals surface area contributed by atoms with Gasteiger partial charge in [-0.25, -0.2) is 0 Å². The quantitative estimate of drug-likeness (QED) is 0.770. The molecule has 1 aliphatic carbocycles. The van der Waals surface area contributed by atoms with Crippen LogP contribution in [0.4, 0.5) is 0 Å². The van der Waals surface area contributed by atoms with Crippen molar-refractivity contribution in [2.75, 3.05) is 12.8 Å². The zero-order valence-electron chi connectivity index (χ0n) is 14.1. The van der Waals surface area contributed by atoms with Crippen LogP contribution in [0.1, 0.15) is 32.6 Å². The van der Waals surface area contributed by atoms with Crippen LogP contribution in [0, 0.1) is 5.92 Å². The van der Waals surface area contributed by atoms with E-state index in [9.17, 15) is 4.79 Å². The van der Waals surface area contributed by atoms with Crippen molar-refractivity contribution in [3.05, 3.63) is 30.3 Å². The minimum absolute atomic E-state index is 0.123. The second-order valence-electron chi connectivity index (χ2n) is 6.36. The van der Waals surface area contributed by atoms with Gasteiger partial charge in [-0.05, 0) is 30.9 Å². The largest absolute Gasteiger partial charge is 0.411 e. The molecule has 1 heterocycles. The number of hydrogen-bond donors (Lipinski definition) is 0. The summed E-state index contributed by atoms with van der Waals surface area (Å²) in [6.07, 6.45) is 4.80. The molecule has 2 aromatic rings. The van der Waals surface area contributed by atoms with E-state index in [1.807, 2.05) is 42.3 Å². The van der Waals surface area contributed by atoms with Gasteiger partial charge >= 0.3 is 0 Å². The van der Waals surface area contributed by atoms with Gasteiger partial charge in [0.25, 0.3) is 5.22 Å². The Balaban J connectivity index is 1.55. The number of aromatic nitrogens is 2. The highest BCUT2D eigenvalue weighted by Gasteiger charge is 2.28. The summed E-state index contributed by atoms with van der Waals surface area (Å²) in [5.74, 6) is 1.51. The fourth-order valence-electron chi connectivity index (χ4n) is 3.25. The fourth-order valence-corrected chi connectivity index (χ4v) is 3.93. The summed E-state index contributed by atoms with van der Waals surface area (Å²) in [5.41, 5.74) is 0.885. The van der Waals surface area contributed by atoms with Crippen molar-refractivity contribution in [2.24, 2.45) is 5.92 Å². The van der Waals surface area contributed by atoms with Gasteiger partial charge in [-0.2, -0.15) is 0 Å². The highest BCUT2D eigenvalue weighted by molar-refractivity contribution is 7.99. The summed E-state index contributed by atoms with van der Waals surface area (Å²) in [6, 6.07) is 9.99. The van der Waals surface area contributed by atoms with Crippen LogP contribution in [0.3, 0.4) is 0 Å². The molecule has 3 rings (SSSR count). The first-order valence-electron chi connectivity index (χ1n) is 8.42. The number of rotatable bonds is 5.